The molecular formula is C32H35FN2OS. The zero-order valence-corrected chi connectivity index (χ0v) is 22.7. The van der Waals surface area contributed by atoms with Crippen molar-refractivity contribution >= 4 is 28.1 Å². The van der Waals surface area contributed by atoms with Gasteiger partial charge in [0.1, 0.15) is 5.82 Å². The molecule has 0 radical (unpaired) electrons. The molecule has 2 aromatic heterocycles. The van der Waals surface area contributed by atoms with Crippen LogP contribution in [0.3, 0.4) is 0 Å². The lowest BCUT2D eigenvalue weighted by Crippen LogP contribution is -2.38. The number of likely N-dealkylation sites (tertiary alicyclic amines) is 1. The van der Waals surface area contributed by atoms with Crippen molar-refractivity contribution in [1.29, 1.82) is 0 Å². The van der Waals surface area contributed by atoms with E-state index < -0.39 is 0 Å². The molecule has 0 spiro atoms. The van der Waals surface area contributed by atoms with Crippen LogP contribution < -0.4 is 0 Å². The summed E-state index contributed by atoms with van der Waals surface area (Å²) in [6.45, 7) is 8.62. The number of para-hydroxylation sites is 1. The van der Waals surface area contributed by atoms with Crippen LogP contribution in [0.5, 0.6) is 0 Å². The van der Waals surface area contributed by atoms with Crippen LogP contribution >= 0.6 is 11.3 Å². The minimum absolute atomic E-state index is 0.000567. The summed E-state index contributed by atoms with van der Waals surface area (Å²) in [6.07, 6.45) is 6.10. The van der Waals surface area contributed by atoms with Crippen molar-refractivity contribution < 1.29 is 9.18 Å². The third-order valence-electron chi connectivity index (χ3n) is 8.52. The number of halogens is 1. The SMILES string of the molecule is CC1(C)CC2CC(C)(CN2C(=O)CC(c2ccsc2)c2cn(Cc3ccc(F)cc3)c3ccccc23)C1. The molecule has 6 rings (SSSR count). The van der Waals surface area contributed by atoms with E-state index in [4.69, 9.17) is 0 Å². The van der Waals surface area contributed by atoms with Crippen molar-refractivity contribution in [3.05, 3.63) is 94.1 Å². The largest absolute Gasteiger partial charge is 0.343 e. The smallest absolute Gasteiger partial charge is 0.223 e. The average molecular weight is 515 g/mol. The van der Waals surface area contributed by atoms with Crippen molar-refractivity contribution in [3.8, 4) is 0 Å². The number of hydrogen-bond acceptors (Lipinski definition) is 2. The Morgan fingerprint density at radius 3 is 2.62 bits per heavy atom. The predicted molar refractivity (Wildman–Crippen MR) is 149 cm³/mol. The number of amides is 1. The first-order chi connectivity index (χ1) is 17.7. The second-order valence-corrected chi connectivity index (χ2v) is 13.2. The maximum atomic E-state index is 14.0. The molecule has 5 heteroatoms. The Hall–Kier alpha value is -2.92. The van der Waals surface area contributed by atoms with E-state index in [0.717, 1.165) is 30.5 Å². The Labute approximate surface area is 222 Å². The molecule has 3 nitrogen and oxygen atoms in total. The third kappa shape index (κ3) is 4.74. The van der Waals surface area contributed by atoms with Gasteiger partial charge < -0.3 is 9.47 Å². The number of carbonyl (C=O) groups excluding carboxylic acids is 1. The molecule has 1 aliphatic heterocycles. The topological polar surface area (TPSA) is 25.2 Å². The summed E-state index contributed by atoms with van der Waals surface area (Å²) in [4.78, 5) is 16.2. The van der Waals surface area contributed by atoms with Crippen LogP contribution in [0.15, 0.2) is 71.6 Å². The van der Waals surface area contributed by atoms with Gasteiger partial charge in [0, 0.05) is 48.6 Å². The molecule has 0 N–H and O–H groups in total. The number of benzene rings is 2. The molecule has 1 saturated heterocycles. The first-order valence-electron chi connectivity index (χ1n) is 13.3. The number of carbonyl (C=O) groups is 1. The molecule has 2 fully saturated rings. The first kappa shape index (κ1) is 24.4. The van der Waals surface area contributed by atoms with Gasteiger partial charge in [0.2, 0.25) is 5.91 Å². The molecule has 192 valence electrons. The highest BCUT2D eigenvalue weighted by atomic mass is 32.1. The van der Waals surface area contributed by atoms with Crippen molar-refractivity contribution in [1.82, 2.24) is 9.47 Å². The van der Waals surface area contributed by atoms with Gasteiger partial charge in [0.25, 0.3) is 0 Å². The molecule has 1 amide bonds. The van der Waals surface area contributed by atoms with Crippen LogP contribution in [-0.4, -0.2) is 28.0 Å². The monoisotopic (exact) mass is 514 g/mol. The second kappa shape index (κ2) is 9.13. The third-order valence-corrected chi connectivity index (χ3v) is 9.22. The van der Waals surface area contributed by atoms with Crippen molar-refractivity contribution in [3.63, 3.8) is 0 Å². The van der Waals surface area contributed by atoms with E-state index in [-0.39, 0.29) is 28.5 Å². The van der Waals surface area contributed by atoms with Gasteiger partial charge in [-0.1, -0.05) is 51.1 Å². The predicted octanol–water partition coefficient (Wildman–Crippen LogP) is 7.84. The van der Waals surface area contributed by atoms with Gasteiger partial charge in [0.05, 0.1) is 0 Å². The Bertz CT molecular complexity index is 1420. The van der Waals surface area contributed by atoms with Crippen molar-refractivity contribution in [2.24, 2.45) is 10.8 Å². The summed E-state index contributed by atoms with van der Waals surface area (Å²) in [5.74, 6) is 0.0545. The van der Waals surface area contributed by atoms with Crippen LogP contribution in [0.1, 0.15) is 69.1 Å². The quantitative estimate of drug-likeness (QED) is 0.257. The standard InChI is InChI=1S/C32H35FN2OS/c1-31(2)15-25-16-32(3,20-31)21-35(25)30(36)14-27(23-12-13-37-19-23)28-18-34(29-7-5-4-6-26(28)29)17-22-8-10-24(33)11-9-22/h4-13,18-19,25,27H,14-17,20-21H2,1-3H3. The van der Waals surface area contributed by atoms with Gasteiger partial charge in [0.15, 0.2) is 0 Å². The summed E-state index contributed by atoms with van der Waals surface area (Å²) >= 11 is 1.69. The fourth-order valence-electron chi connectivity index (χ4n) is 7.39. The second-order valence-electron chi connectivity index (χ2n) is 12.4. The number of aromatic nitrogens is 1. The molecule has 37 heavy (non-hydrogen) atoms. The summed E-state index contributed by atoms with van der Waals surface area (Å²) in [7, 11) is 0. The van der Waals surface area contributed by atoms with Crippen LogP contribution in [0, 0.1) is 16.6 Å². The Morgan fingerprint density at radius 2 is 1.86 bits per heavy atom. The van der Waals surface area contributed by atoms with Crippen LogP contribution in [0.4, 0.5) is 4.39 Å². The summed E-state index contributed by atoms with van der Waals surface area (Å²) in [6, 6.07) is 17.7. The van der Waals surface area contributed by atoms with Crippen LogP contribution in [-0.2, 0) is 11.3 Å². The highest BCUT2D eigenvalue weighted by Gasteiger charge is 2.51. The number of thiophene rings is 1. The molecule has 2 aliphatic rings. The number of nitrogens with zero attached hydrogens (tertiary/aromatic N) is 2. The van der Waals surface area contributed by atoms with Gasteiger partial charge in [-0.25, -0.2) is 4.39 Å². The zero-order valence-electron chi connectivity index (χ0n) is 21.9. The van der Waals surface area contributed by atoms with Gasteiger partial charge in [-0.15, -0.1) is 0 Å². The maximum absolute atomic E-state index is 14.0. The van der Waals surface area contributed by atoms with Gasteiger partial charge in [-0.2, -0.15) is 11.3 Å². The van der Waals surface area contributed by atoms with Crippen LogP contribution in [0.25, 0.3) is 10.9 Å². The van der Waals surface area contributed by atoms with Crippen molar-refractivity contribution in [2.45, 2.75) is 65.0 Å². The summed E-state index contributed by atoms with van der Waals surface area (Å²) in [5, 5.41) is 5.48. The number of rotatable bonds is 6. The number of hydrogen-bond donors (Lipinski definition) is 0. The Kier molecular flexibility index (Phi) is 6.02. The van der Waals surface area contributed by atoms with E-state index in [1.165, 1.54) is 35.1 Å². The fraction of sp³-hybridized carbons (Fsp3) is 0.406. The van der Waals surface area contributed by atoms with E-state index in [0.29, 0.717) is 19.0 Å². The van der Waals surface area contributed by atoms with E-state index >= 15 is 0 Å². The molecule has 3 atom stereocenters. The van der Waals surface area contributed by atoms with E-state index in [2.05, 4.69) is 77.5 Å². The fourth-order valence-corrected chi connectivity index (χ4v) is 8.11. The molecule has 3 unspecified atom stereocenters. The Balaban J connectivity index is 1.35. The maximum Gasteiger partial charge on any atom is 0.223 e. The first-order valence-corrected chi connectivity index (χ1v) is 14.3. The lowest BCUT2D eigenvalue weighted by atomic mass is 9.65. The molecule has 2 bridgehead atoms. The minimum atomic E-state index is -0.221. The minimum Gasteiger partial charge on any atom is -0.343 e. The summed E-state index contributed by atoms with van der Waals surface area (Å²) in [5.41, 5.74) is 5.10. The lowest BCUT2D eigenvalue weighted by molar-refractivity contribution is -0.132. The molecule has 3 heterocycles. The molecule has 1 saturated carbocycles. The Morgan fingerprint density at radius 1 is 1.08 bits per heavy atom. The van der Waals surface area contributed by atoms with E-state index in [1.54, 1.807) is 11.3 Å². The molecule has 1 aliphatic carbocycles. The highest BCUT2D eigenvalue weighted by molar-refractivity contribution is 7.08. The molecule has 2 aromatic carbocycles. The van der Waals surface area contributed by atoms with E-state index in [1.807, 2.05) is 12.1 Å². The van der Waals surface area contributed by atoms with E-state index in [9.17, 15) is 9.18 Å². The lowest BCUT2D eigenvalue weighted by Gasteiger charge is -2.39. The molecule has 4 aromatic rings. The zero-order chi connectivity index (χ0) is 25.8. The average Bonchev–Trinajstić information content (AvgIpc) is 3.56. The van der Waals surface area contributed by atoms with Gasteiger partial charge in [-0.05, 0) is 81.8 Å². The van der Waals surface area contributed by atoms with Gasteiger partial charge in [-0.3, -0.25) is 4.79 Å². The van der Waals surface area contributed by atoms with Gasteiger partial charge >= 0.3 is 0 Å². The summed E-state index contributed by atoms with van der Waals surface area (Å²) < 4.78 is 15.7. The number of fused-ring (bicyclic) bond motifs is 3. The normalized spacial score (nSPS) is 23.5. The van der Waals surface area contributed by atoms with Crippen molar-refractivity contribution in [2.75, 3.05) is 6.54 Å². The van der Waals surface area contributed by atoms with Crippen LogP contribution in [0.2, 0.25) is 0 Å². The highest BCUT2D eigenvalue weighted by Crippen LogP contribution is 2.53. The molecular weight excluding hydrogens is 479 g/mol.